The number of carbonyl (C=O) groups is 1. The molecule has 0 spiro atoms. The van der Waals surface area contributed by atoms with Crippen molar-refractivity contribution in [1.29, 1.82) is 0 Å². The van der Waals surface area contributed by atoms with Gasteiger partial charge >= 0.3 is 5.97 Å². The van der Waals surface area contributed by atoms with Crippen molar-refractivity contribution < 1.29 is 9.53 Å². The van der Waals surface area contributed by atoms with E-state index in [4.69, 9.17) is 4.74 Å². The summed E-state index contributed by atoms with van der Waals surface area (Å²) in [4.78, 5) is 11.4. The maximum absolute atomic E-state index is 11.4. The molecule has 0 saturated heterocycles. The molecule has 0 unspecified atom stereocenters. The second-order valence-corrected chi connectivity index (χ2v) is 6.69. The van der Waals surface area contributed by atoms with Gasteiger partial charge in [-0.2, -0.15) is 0 Å². The summed E-state index contributed by atoms with van der Waals surface area (Å²) in [6.07, 6.45) is 2.35. The van der Waals surface area contributed by atoms with Crippen LogP contribution in [0, 0.1) is 10.7 Å². The summed E-state index contributed by atoms with van der Waals surface area (Å²) in [7, 11) is 0. The van der Waals surface area contributed by atoms with E-state index in [1.807, 2.05) is 0 Å². The molecule has 0 atom stereocenters. The van der Waals surface area contributed by atoms with E-state index in [2.05, 4.69) is 73.8 Å². The maximum atomic E-state index is 11.4. The quantitative estimate of drug-likeness (QED) is 0.217. The third-order valence-electron chi connectivity index (χ3n) is 2.24. The van der Waals surface area contributed by atoms with E-state index in [1.165, 1.54) is 12.7 Å². The van der Waals surface area contributed by atoms with Crippen LogP contribution in [0.1, 0.15) is 18.4 Å². The Kier molecular flexibility index (Phi) is 4.14. The second-order valence-electron chi connectivity index (χ2n) is 3.29. The second kappa shape index (κ2) is 5.03. The van der Waals surface area contributed by atoms with E-state index in [-0.39, 0.29) is 5.97 Å². The number of benzene rings is 1. The van der Waals surface area contributed by atoms with Crippen LogP contribution in [-0.4, -0.2) is 5.97 Å². The van der Waals surface area contributed by atoms with Gasteiger partial charge in [0.25, 0.3) is 0 Å². The van der Waals surface area contributed by atoms with Gasteiger partial charge in [-0.15, -0.1) is 0 Å². The molecule has 1 aliphatic rings. The van der Waals surface area contributed by atoms with Gasteiger partial charge in [0.1, 0.15) is 5.75 Å². The molecule has 2 nitrogen and oxygen atoms in total. The fourth-order valence-corrected chi connectivity index (χ4v) is 4.19. The molecule has 1 aromatic carbocycles. The number of rotatable bonds is 0. The first-order chi connectivity index (χ1) is 7.09. The third kappa shape index (κ3) is 2.59. The van der Waals surface area contributed by atoms with Gasteiger partial charge in [0.15, 0.2) is 0 Å². The Morgan fingerprint density at radius 2 is 1.87 bits per heavy atom. The number of hydrogen-bond acceptors (Lipinski definition) is 2. The Hall–Kier alpha value is 0.880. The third-order valence-corrected chi connectivity index (χ3v) is 6.16. The van der Waals surface area contributed by atoms with E-state index in [0.717, 1.165) is 22.2 Å². The van der Waals surface area contributed by atoms with Crippen LogP contribution in [0.3, 0.4) is 0 Å². The van der Waals surface area contributed by atoms with Gasteiger partial charge in [0.2, 0.25) is 0 Å². The van der Waals surface area contributed by atoms with Crippen LogP contribution < -0.4 is 4.74 Å². The highest BCUT2D eigenvalue weighted by Crippen LogP contribution is 2.36. The first-order valence-electron chi connectivity index (χ1n) is 4.46. The van der Waals surface area contributed by atoms with Crippen molar-refractivity contribution in [2.75, 3.05) is 0 Å². The van der Waals surface area contributed by atoms with Gasteiger partial charge in [-0.3, -0.25) is 4.79 Å². The van der Waals surface area contributed by atoms with E-state index < -0.39 is 0 Å². The van der Waals surface area contributed by atoms with Crippen LogP contribution in [0.5, 0.6) is 5.75 Å². The van der Waals surface area contributed by atoms with Crippen LogP contribution in [0.15, 0.2) is 6.07 Å². The van der Waals surface area contributed by atoms with Crippen molar-refractivity contribution in [2.45, 2.75) is 19.3 Å². The van der Waals surface area contributed by atoms with E-state index in [0.29, 0.717) is 6.42 Å². The first-order valence-corrected chi connectivity index (χ1v) is 7.70. The Labute approximate surface area is 129 Å². The Bertz CT molecular complexity index is 429. The number of esters is 1. The van der Waals surface area contributed by atoms with Gasteiger partial charge < -0.3 is 4.74 Å². The molecule has 0 radical (unpaired) electrons. The molecule has 0 aliphatic carbocycles. The standard InChI is InChI=1S/C10H7I3O2/c11-6-4-7(12)10-5(9(6)13)2-1-3-8(14)15-10/h4H,1-3H2. The summed E-state index contributed by atoms with van der Waals surface area (Å²) >= 11 is 6.88. The fourth-order valence-electron chi connectivity index (χ4n) is 1.54. The first kappa shape index (κ1) is 12.3. The van der Waals surface area contributed by atoms with Gasteiger partial charge in [0.05, 0.1) is 3.57 Å². The summed E-state index contributed by atoms with van der Waals surface area (Å²) in [5, 5.41) is 0. The summed E-state index contributed by atoms with van der Waals surface area (Å²) in [6.45, 7) is 0. The molecule has 0 N–H and O–H groups in total. The molecule has 0 aromatic heterocycles. The van der Waals surface area contributed by atoms with Crippen molar-refractivity contribution in [1.82, 2.24) is 0 Å². The molecule has 1 aromatic rings. The maximum Gasteiger partial charge on any atom is 0.311 e. The van der Waals surface area contributed by atoms with Gasteiger partial charge in [-0.25, -0.2) is 0 Å². The average Bonchev–Trinajstić information content (AvgIpc) is 2.37. The number of hydrogen-bond donors (Lipinski definition) is 0. The largest absolute Gasteiger partial charge is 0.425 e. The normalized spacial score (nSPS) is 15.5. The fraction of sp³-hybridized carbons (Fsp3) is 0.300. The van der Waals surface area contributed by atoms with Crippen LogP contribution in [-0.2, 0) is 11.2 Å². The molecule has 1 aliphatic heterocycles. The molecule has 0 saturated carbocycles. The molecular weight excluding hydrogens is 533 g/mol. The van der Waals surface area contributed by atoms with Gasteiger partial charge in [0, 0.05) is 19.1 Å². The zero-order valence-corrected chi connectivity index (χ0v) is 14.1. The number of carbonyl (C=O) groups excluding carboxylic acids is 1. The minimum absolute atomic E-state index is 0.108. The SMILES string of the molecule is O=C1CCCc2c(I)c(I)cc(I)c2O1. The zero-order valence-electron chi connectivity index (χ0n) is 7.65. The average molecular weight is 540 g/mol. The summed E-state index contributed by atoms with van der Waals surface area (Å²) in [5.74, 6) is 0.673. The molecule has 1 heterocycles. The van der Waals surface area contributed by atoms with Gasteiger partial charge in [-0.1, -0.05) is 0 Å². The monoisotopic (exact) mass is 540 g/mol. The summed E-state index contributed by atoms with van der Waals surface area (Å²) in [6, 6.07) is 2.06. The molecule has 5 heteroatoms. The molecule has 2 rings (SSSR count). The summed E-state index contributed by atoms with van der Waals surface area (Å²) in [5.41, 5.74) is 1.19. The van der Waals surface area contributed by atoms with E-state index in [1.54, 1.807) is 0 Å². The van der Waals surface area contributed by atoms with Crippen molar-refractivity contribution in [3.63, 3.8) is 0 Å². The van der Waals surface area contributed by atoms with Crippen LogP contribution in [0.25, 0.3) is 0 Å². The minimum atomic E-state index is -0.108. The van der Waals surface area contributed by atoms with Crippen LogP contribution in [0.2, 0.25) is 0 Å². The van der Waals surface area contributed by atoms with Gasteiger partial charge in [-0.05, 0) is 86.7 Å². The topological polar surface area (TPSA) is 26.3 Å². The molecule has 0 fully saturated rings. The lowest BCUT2D eigenvalue weighted by Crippen LogP contribution is -2.07. The lowest BCUT2D eigenvalue weighted by atomic mass is 10.1. The Balaban J connectivity index is 2.60. The smallest absolute Gasteiger partial charge is 0.311 e. The minimum Gasteiger partial charge on any atom is -0.425 e. The summed E-state index contributed by atoms with van der Waals surface area (Å²) < 4.78 is 8.85. The predicted molar refractivity (Wildman–Crippen MR) is 83.2 cm³/mol. The molecule has 80 valence electrons. The number of halogens is 3. The lowest BCUT2D eigenvalue weighted by Gasteiger charge is -2.11. The van der Waals surface area contributed by atoms with E-state index >= 15 is 0 Å². The van der Waals surface area contributed by atoms with Crippen LogP contribution >= 0.6 is 67.8 Å². The Morgan fingerprint density at radius 3 is 2.60 bits per heavy atom. The van der Waals surface area contributed by atoms with Crippen molar-refractivity contribution >= 4 is 73.7 Å². The highest BCUT2D eigenvalue weighted by molar-refractivity contribution is 14.1. The van der Waals surface area contributed by atoms with E-state index in [9.17, 15) is 4.79 Å². The highest BCUT2D eigenvalue weighted by Gasteiger charge is 2.21. The van der Waals surface area contributed by atoms with Crippen molar-refractivity contribution in [3.8, 4) is 5.75 Å². The molecule has 0 amide bonds. The zero-order chi connectivity index (χ0) is 11.0. The predicted octanol–water partition coefficient (Wildman–Crippen LogP) is 3.74. The van der Waals surface area contributed by atoms with Crippen LogP contribution in [0.4, 0.5) is 0 Å². The Morgan fingerprint density at radius 1 is 1.13 bits per heavy atom. The van der Waals surface area contributed by atoms with Crippen molar-refractivity contribution in [3.05, 3.63) is 22.3 Å². The van der Waals surface area contributed by atoms with Crippen molar-refractivity contribution in [2.24, 2.45) is 0 Å². The molecule has 15 heavy (non-hydrogen) atoms. The highest BCUT2D eigenvalue weighted by atomic mass is 127. The lowest BCUT2D eigenvalue weighted by molar-refractivity contribution is -0.134. The number of ether oxygens (including phenoxy) is 1. The molecular formula is C10H7I3O2. The number of fused-ring (bicyclic) bond motifs is 1. The molecule has 0 bridgehead atoms.